The van der Waals surface area contributed by atoms with Crippen molar-refractivity contribution in [1.82, 2.24) is 9.97 Å². The van der Waals surface area contributed by atoms with Crippen molar-refractivity contribution in [3.05, 3.63) is 6.07 Å². The van der Waals surface area contributed by atoms with Crippen molar-refractivity contribution in [2.24, 2.45) is 0 Å². The second-order valence-electron chi connectivity index (χ2n) is 3.86. The van der Waals surface area contributed by atoms with Crippen LogP contribution in [0.2, 0.25) is 0 Å². The first-order valence-corrected chi connectivity index (χ1v) is 5.96. The van der Waals surface area contributed by atoms with Gasteiger partial charge >= 0.3 is 0 Å². The highest BCUT2D eigenvalue weighted by Gasteiger charge is 2.11. The molecule has 1 heterocycles. The molecule has 0 aliphatic rings. The highest BCUT2D eigenvalue weighted by molar-refractivity contribution is 5.34. The molecule has 0 saturated heterocycles. The summed E-state index contributed by atoms with van der Waals surface area (Å²) in [5.74, 6) is 1.43. The van der Waals surface area contributed by atoms with Crippen molar-refractivity contribution in [2.45, 2.75) is 25.8 Å². The lowest BCUT2D eigenvalue weighted by molar-refractivity contribution is 0.182. The van der Waals surface area contributed by atoms with Crippen molar-refractivity contribution in [2.75, 3.05) is 33.3 Å². The molecule has 1 unspecified atom stereocenters. The summed E-state index contributed by atoms with van der Waals surface area (Å²) in [5.41, 5.74) is 0. The van der Waals surface area contributed by atoms with E-state index in [-0.39, 0.29) is 6.04 Å². The third-order valence-electron chi connectivity index (χ3n) is 2.44. The van der Waals surface area contributed by atoms with Gasteiger partial charge in [0.2, 0.25) is 17.7 Å². The molecule has 0 saturated carbocycles. The zero-order chi connectivity index (χ0) is 13.4. The highest BCUT2D eigenvalue weighted by Crippen LogP contribution is 2.18. The third-order valence-corrected chi connectivity index (χ3v) is 2.44. The van der Waals surface area contributed by atoms with Crippen molar-refractivity contribution in [3.63, 3.8) is 0 Å². The van der Waals surface area contributed by atoms with Crippen LogP contribution in [-0.2, 0) is 4.74 Å². The average Bonchev–Trinajstić information content (AvgIpc) is 2.38. The number of aromatic nitrogens is 2. The average molecular weight is 255 g/mol. The van der Waals surface area contributed by atoms with E-state index in [0.29, 0.717) is 24.3 Å². The normalized spacial score (nSPS) is 12.0. The van der Waals surface area contributed by atoms with Crippen LogP contribution in [0.4, 0.5) is 5.95 Å². The summed E-state index contributed by atoms with van der Waals surface area (Å²) in [6.07, 6.45) is 2.04. The van der Waals surface area contributed by atoms with Crippen LogP contribution in [-0.4, -0.2) is 43.9 Å². The molecule has 0 spiro atoms. The van der Waals surface area contributed by atoms with Crippen LogP contribution in [0.15, 0.2) is 6.07 Å². The molecule has 0 aromatic carbocycles. The molecule has 0 amide bonds. The Balaban J connectivity index is 2.80. The molecule has 0 fully saturated rings. The van der Waals surface area contributed by atoms with Crippen molar-refractivity contribution in [3.8, 4) is 11.8 Å². The lowest BCUT2D eigenvalue weighted by Gasteiger charge is -2.17. The zero-order valence-corrected chi connectivity index (χ0v) is 11.4. The third kappa shape index (κ3) is 4.37. The number of rotatable bonds is 8. The van der Waals surface area contributed by atoms with Crippen LogP contribution in [0, 0.1) is 0 Å². The van der Waals surface area contributed by atoms with Gasteiger partial charge in [-0.15, -0.1) is 0 Å². The van der Waals surface area contributed by atoms with Crippen LogP contribution >= 0.6 is 0 Å². The van der Waals surface area contributed by atoms with Crippen molar-refractivity contribution < 1.29 is 14.2 Å². The summed E-state index contributed by atoms with van der Waals surface area (Å²) < 4.78 is 15.4. The Morgan fingerprint density at radius 1 is 1.17 bits per heavy atom. The number of nitrogens with one attached hydrogen (secondary N) is 1. The van der Waals surface area contributed by atoms with Crippen LogP contribution in [0.1, 0.15) is 19.8 Å². The van der Waals surface area contributed by atoms with E-state index < -0.39 is 0 Å². The van der Waals surface area contributed by atoms with E-state index in [2.05, 4.69) is 22.2 Å². The minimum absolute atomic E-state index is 0.178. The molecule has 102 valence electrons. The summed E-state index contributed by atoms with van der Waals surface area (Å²) >= 11 is 0. The maximum atomic E-state index is 5.16. The molecule has 0 aliphatic heterocycles. The first-order valence-electron chi connectivity index (χ1n) is 5.96. The first kappa shape index (κ1) is 14.5. The second kappa shape index (κ2) is 7.71. The van der Waals surface area contributed by atoms with Gasteiger partial charge in [0.15, 0.2) is 0 Å². The minimum atomic E-state index is 0.178. The molecule has 0 bridgehead atoms. The van der Waals surface area contributed by atoms with Crippen LogP contribution in [0.3, 0.4) is 0 Å². The Morgan fingerprint density at radius 2 is 1.78 bits per heavy atom. The second-order valence-corrected chi connectivity index (χ2v) is 3.86. The Hall–Kier alpha value is -1.56. The molecule has 1 atom stereocenters. The number of hydrogen-bond acceptors (Lipinski definition) is 6. The Bertz CT molecular complexity index is 332. The van der Waals surface area contributed by atoms with Gasteiger partial charge in [-0.2, -0.15) is 9.97 Å². The Labute approximate surface area is 108 Å². The van der Waals surface area contributed by atoms with Gasteiger partial charge in [0.25, 0.3) is 0 Å². The smallest absolute Gasteiger partial charge is 0.229 e. The van der Waals surface area contributed by atoms with E-state index in [4.69, 9.17) is 14.2 Å². The van der Waals surface area contributed by atoms with E-state index >= 15 is 0 Å². The van der Waals surface area contributed by atoms with Gasteiger partial charge in [-0.1, -0.05) is 13.3 Å². The lowest BCUT2D eigenvalue weighted by atomic mass is 10.2. The molecule has 0 radical (unpaired) electrons. The molecule has 6 nitrogen and oxygen atoms in total. The molecule has 1 aromatic heterocycles. The predicted molar refractivity (Wildman–Crippen MR) is 69.3 cm³/mol. The highest BCUT2D eigenvalue weighted by atomic mass is 16.5. The van der Waals surface area contributed by atoms with Gasteiger partial charge in [-0.05, 0) is 6.42 Å². The SMILES string of the molecule is CCCC(COC)Nc1nc(OC)cc(OC)n1. The van der Waals surface area contributed by atoms with Gasteiger partial charge < -0.3 is 19.5 Å². The maximum absolute atomic E-state index is 5.16. The van der Waals surface area contributed by atoms with Gasteiger partial charge in [0.1, 0.15) is 0 Å². The molecule has 1 aromatic rings. The molecule has 1 rings (SSSR count). The van der Waals surface area contributed by atoms with Gasteiger partial charge in [0, 0.05) is 7.11 Å². The van der Waals surface area contributed by atoms with Crippen LogP contribution in [0.25, 0.3) is 0 Å². The fourth-order valence-electron chi connectivity index (χ4n) is 1.61. The van der Waals surface area contributed by atoms with Crippen LogP contribution < -0.4 is 14.8 Å². The molecule has 1 N–H and O–H groups in total. The van der Waals surface area contributed by atoms with Crippen molar-refractivity contribution in [1.29, 1.82) is 0 Å². The summed E-state index contributed by atoms with van der Waals surface area (Å²) in [6, 6.07) is 1.81. The monoisotopic (exact) mass is 255 g/mol. The summed E-state index contributed by atoms with van der Waals surface area (Å²) in [7, 11) is 4.80. The van der Waals surface area contributed by atoms with Crippen molar-refractivity contribution >= 4 is 5.95 Å². The zero-order valence-electron chi connectivity index (χ0n) is 11.4. The van der Waals surface area contributed by atoms with E-state index in [9.17, 15) is 0 Å². The minimum Gasteiger partial charge on any atom is -0.481 e. The Kier molecular flexibility index (Phi) is 6.21. The number of methoxy groups -OCH3 is 3. The number of hydrogen-bond donors (Lipinski definition) is 1. The Morgan fingerprint density at radius 3 is 2.22 bits per heavy atom. The summed E-state index contributed by atoms with van der Waals surface area (Å²) in [6.45, 7) is 2.73. The molecule has 6 heteroatoms. The van der Waals surface area contributed by atoms with Crippen LogP contribution in [0.5, 0.6) is 11.8 Å². The standard InChI is InChI=1S/C12H21N3O3/c1-5-6-9(8-16-2)13-12-14-10(17-3)7-11(15-12)18-4/h7,9H,5-6,8H2,1-4H3,(H,13,14,15). The number of anilines is 1. The van der Waals surface area contributed by atoms with E-state index in [0.717, 1.165) is 12.8 Å². The molecule has 0 aliphatic carbocycles. The molecular formula is C12H21N3O3. The van der Waals surface area contributed by atoms with E-state index in [1.165, 1.54) is 0 Å². The first-order chi connectivity index (χ1) is 8.73. The van der Waals surface area contributed by atoms with Gasteiger partial charge in [-0.3, -0.25) is 0 Å². The van der Waals surface area contributed by atoms with Gasteiger partial charge in [-0.25, -0.2) is 0 Å². The fourth-order valence-corrected chi connectivity index (χ4v) is 1.61. The van der Waals surface area contributed by atoms with Gasteiger partial charge in [0.05, 0.1) is 32.9 Å². The quantitative estimate of drug-likeness (QED) is 0.763. The number of nitrogens with zero attached hydrogens (tertiary/aromatic N) is 2. The van der Waals surface area contributed by atoms with E-state index in [1.54, 1.807) is 27.4 Å². The largest absolute Gasteiger partial charge is 0.481 e. The van der Waals surface area contributed by atoms with E-state index in [1.807, 2.05) is 0 Å². The summed E-state index contributed by atoms with van der Waals surface area (Å²) in [4.78, 5) is 8.45. The maximum Gasteiger partial charge on any atom is 0.229 e. The molecular weight excluding hydrogens is 234 g/mol. The number of ether oxygens (including phenoxy) is 3. The molecule has 18 heavy (non-hydrogen) atoms. The topological polar surface area (TPSA) is 65.5 Å². The summed E-state index contributed by atoms with van der Waals surface area (Å²) in [5, 5.41) is 3.22. The lowest BCUT2D eigenvalue weighted by Crippen LogP contribution is -2.25. The predicted octanol–water partition coefficient (Wildman–Crippen LogP) is 1.72. The fraction of sp³-hybridized carbons (Fsp3) is 0.667.